The van der Waals surface area contributed by atoms with Crippen LogP contribution in [-0.2, 0) is 0 Å². The van der Waals surface area contributed by atoms with E-state index in [0.29, 0.717) is 22.2 Å². The van der Waals surface area contributed by atoms with E-state index in [0.717, 1.165) is 16.8 Å². The number of anilines is 1. The van der Waals surface area contributed by atoms with Crippen LogP contribution in [0, 0.1) is 13.8 Å². The Bertz CT molecular complexity index is 928. The molecule has 0 spiro atoms. The molecule has 1 heterocycles. The van der Waals surface area contributed by atoms with Gasteiger partial charge in [-0.2, -0.15) is 0 Å². The number of carbonyl (C=O) groups excluding carboxylic acids is 1. The van der Waals surface area contributed by atoms with Crippen molar-refractivity contribution >= 4 is 22.4 Å². The van der Waals surface area contributed by atoms with Gasteiger partial charge < -0.3 is 9.47 Å². The van der Waals surface area contributed by atoms with Crippen LogP contribution in [0.15, 0.2) is 41.8 Å². The quantitative estimate of drug-likeness (QED) is 0.709. The third-order valence-corrected chi connectivity index (χ3v) is 4.80. The Morgan fingerprint density at radius 3 is 2.38 bits per heavy atom. The number of aryl methyl sites for hydroxylation is 2. The van der Waals surface area contributed by atoms with Crippen molar-refractivity contribution in [2.75, 3.05) is 19.5 Å². The second kappa shape index (κ2) is 7.58. The van der Waals surface area contributed by atoms with Crippen LogP contribution < -0.4 is 14.8 Å². The summed E-state index contributed by atoms with van der Waals surface area (Å²) in [4.78, 5) is 17.3. The predicted molar refractivity (Wildman–Crippen MR) is 105 cm³/mol. The Morgan fingerprint density at radius 1 is 1.08 bits per heavy atom. The summed E-state index contributed by atoms with van der Waals surface area (Å²) < 4.78 is 10.6. The molecular formula is C20H20N2O3S. The van der Waals surface area contributed by atoms with Crippen molar-refractivity contribution in [2.24, 2.45) is 0 Å². The van der Waals surface area contributed by atoms with Gasteiger partial charge in [-0.05, 0) is 31.5 Å². The molecule has 3 rings (SSSR count). The van der Waals surface area contributed by atoms with Gasteiger partial charge in [-0.15, -0.1) is 11.3 Å². The third-order valence-electron chi connectivity index (χ3n) is 4.04. The number of rotatable bonds is 5. The van der Waals surface area contributed by atoms with E-state index in [1.165, 1.54) is 31.1 Å². The van der Waals surface area contributed by atoms with E-state index in [-0.39, 0.29) is 5.91 Å². The van der Waals surface area contributed by atoms with Gasteiger partial charge in [0.15, 0.2) is 5.13 Å². The molecular weight excluding hydrogens is 348 g/mol. The van der Waals surface area contributed by atoms with Gasteiger partial charge in [0.25, 0.3) is 5.91 Å². The molecule has 1 aromatic heterocycles. The summed E-state index contributed by atoms with van der Waals surface area (Å²) in [7, 11) is 3.04. The SMILES string of the molecule is COc1cccc(OC)c1C(=O)Nc1nc(-c2ccc(C)cc2C)cs1. The largest absolute Gasteiger partial charge is 0.496 e. The number of methoxy groups -OCH3 is 2. The molecule has 3 aromatic rings. The molecule has 0 unspecified atom stereocenters. The Morgan fingerprint density at radius 2 is 1.77 bits per heavy atom. The van der Waals surface area contributed by atoms with Gasteiger partial charge in [0.2, 0.25) is 0 Å². The summed E-state index contributed by atoms with van der Waals surface area (Å²) in [6.45, 7) is 4.11. The molecule has 0 aliphatic carbocycles. The number of aromatic nitrogens is 1. The Hall–Kier alpha value is -2.86. The van der Waals surface area contributed by atoms with Crippen LogP contribution in [0.1, 0.15) is 21.5 Å². The standard InChI is InChI=1S/C20H20N2O3S/c1-12-8-9-14(13(2)10-12)15-11-26-20(21-15)22-19(23)18-16(24-3)6-5-7-17(18)25-4/h5-11H,1-4H3,(H,21,22,23). The van der Waals surface area contributed by atoms with Crippen LogP contribution in [0.4, 0.5) is 5.13 Å². The van der Waals surface area contributed by atoms with E-state index < -0.39 is 0 Å². The molecule has 0 atom stereocenters. The highest BCUT2D eigenvalue weighted by Crippen LogP contribution is 2.31. The topological polar surface area (TPSA) is 60.5 Å². The van der Waals surface area contributed by atoms with Crippen LogP contribution in [-0.4, -0.2) is 25.1 Å². The van der Waals surface area contributed by atoms with Crippen molar-refractivity contribution in [3.63, 3.8) is 0 Å². The number of ether oxygens (including phenoxy) is 2. The minimum Gasteiger partial charge on any atom is -0.496 e. The summed E-state index contributed by atoms with van der Waals surface area (Å²) in [5.74, 6) is 0.585. The average Bonchev–Trinajstić information content (AvgIpc) is 3.08. The summed E-state index contributed by atoms with van der Waals surface area (Å²) >= 11 is 1.38. The molecule has 5 nitrogen and oxygen atoms in total. The lowest BCUT2D eigenvalue weighted by Crippen LogP contribution is -2.14. The number of hydrogen-bond donors (Lipinski definition) is 1. The van der Waals surface area contributed by atoms with Gasteiger partial charge in [0, 0.05) is 10.9 Å². The monoisotopic (exact) mass is 368 g/mol. The third kappa shape index (κ3) is 3.55. The van der Waals surface area contributed by atoms with Crippen LogP contribution in [0.5, 0.6) is 11.5 Å². The van der Waals surface area contributed by atoms with Gasteiger partial charge >= 0.3 is 0 Å². The predicted octanol–water partition coefficient (Wildman–Crippen LogP) is 4.70. The highest BCUT2D eigenvalue weighted by atomic mass is 32.1. The molecule has 0 radical (unpaired) electrons. The van der Waals surface area contributed by atoms with Crippen molar-refractivity contribution in [3.8, 4) is 22.8 Å². The molecule has 0 bridgehead atoms. The fourth-order valence-electron chi connectivity index (χ4n) is 2.79. The van der Waals surface area contributed by atoms with Crippen LogP contribution >= 0.6 is 11.3 Å². The average molecular weight is 368 g/mol. The molecule has 0 fully saturated rings. The number of thiazole rings is 1. The zero-order valence-corrected chi connectivity index (χ0v) is 15.9. The Kier molecular flexibility index (Phi) is 5.23. The van der Waals surface area contributed by atoms with E-state index in [4.69, 9.17) is 9.47 Å². The Balaban J connectivity index is 1.87. The molecule has 2 aromatic carbocycles. The Labute approximate surface area is 156 Å². The molecule has 0 aliphatic rings. The normalized spacial score (nSPS) is 10.5. The van der Waals surface area contributed by atoms with E-state index in [9.17, 15) is 4.79 Å². The maximum Gasteiger partial charge on any atom is 0.265 e. The number of benzene rings is 2. The van der Waals surface area contributed by atoms with Crippen molar-refractivity contribution in [2.45, 2.75) is 13.8 Å². The molecule has 0 saturated carbocycles. The van der Waals surface area contributed by atoms with Crippen molar-refractivity contribution in [3.05, 3.63) is 58.5 Å². The molecule has 134 valence electrons. The smallest absolute Gasteiger partial charge is 0.265 e. The van der Waals surface area contributed by atoms with E-state index >= 15 is 0 Å². The second-order valence-electron chi connectivity index (χ2n) is 5.85. The number of hydrogen-bond acceptors (Lipinski definition) is 5. The number of nitrogens with one attached hydrogen (secondary N) is 1. The number of nitrogens with zero attached hydrogens (tertiary/aromatic N) is 1. The minimum absolute atomic E-state index is 0.319. The number of carbonyl (C=O) groups is 1. The second-order valence-corrected chi connectivity index (χ2v) is 6.71. The summed E-state index contributed by atoms with van der Waals surface area (Å²) in [5.41, 5.74) is 4.61. The first-order chi connectivity index (χ1) is 12.5. The van der Waals surface area contributed by atoms with Gasteiger partial charge in [0.05, 0.1) is 19.9 Å². The van der Waals surface area contributed by atoms with Crippen molar-refractivity contribution < 1.29 is 14.3 Å². The van der Waals surface area contributed by atoms with E-state index in [1.54, 1.807) is 18.2 Å². The number of amides is 1. The highest BCUT2D eigenvalue weighted by Gasteiger charge is 2.19. The van der Waals surface area contributed by atoms with Crippen LogP contribution in [0.25, 0.3) is 11.3 Å². The molecule has 0 aliphatic heterocycles. The van der Waals surface area contributed by atoms with Gasteiger partial charge in [-0.3, -0.25) is 10.1 Å². The molecule has 1 amide bonds. The maximum absolute atomic E-state index is 12.7. The van der Waals surface area contributed by atoms with Gasteiger partial charge in [0.1, 0.15) is 17.1 Å². The van der Waals surface area contributed by atoms with Crippen molar-refractivity contribution in [1.82, 2.24) is 4.98 Å². The summed E-state index contributed by atoms with van der Waals surface area (Å²) in [6.07, 6.45) is 0. The van der Waals surface area contributed by atoms with E-state index in [2.05, 4.69) is 42.3 Å². The molecule has 1 N–H and O–H groups in total. The van der Waals surface area contributed by atoms with E-state index in [1.807, 2.05) is 5.38 Å². The zero-order chi connectivity index (χ0) is 18.7. The fourth-order valence-corrected chi connectivity index (χ4v) is 3.50. The van der Waals surface area contributed by atoms with Crippen molar-refractivity contribution in [1.29, 1.82) is 0 Å². The van der Waals surface area contributed by atoms with Crippen LogP contribution in [0.2, 0.25) is 0 Å². The molecule has 26 heavy (non-hydrogen) atoms. The lowest BCUT2D eigenvalue weighted by molar-refractivity contribution is 0.102. The molecule has 6 heteroatoms. The summed E-state index contributed by atoms with van der Waals surface area (Å²) in [6, 6.07) is 11.4. The fraction of sp³-hybridized carbons (Fsp3) is 0.200. The lowest BCUT2D eigenvalue weighted by Gasteiger charge is -2.11. The van der Waals surface area contributed by atoms with Gasteiger partial charge in [-0.25, -0.2) is 4.98 Å². The first-order valence-corrected chi connectivity index (χ1v) is 8.97. The van der Waals surface area contributed by atoms with Gasteiger partial charge in [-0.1, -0.05) is 29.8 Å². The highest BCUT2D eigenvalue weighted by molar-refractivity contribution is 7.14. The lowest BCUT2D eigenvalue weighted by atomic mass is 10.0. The van der Waals surface area contributed by atoms with Crippen LogP contribution in [0.3, 0.4) is 0 Å². The minimum atomic E-state index is -0.319. The maximum atomic E-state index is 12.7. The molecule has 0 saturated heterocycles. The first-order valence-electron chi connectivity index (χ1n) is 8.09. The zero-order valence-electron chi connectivity index (χ0n) is 15.1. The summed E-state index contributed by atoms with van der Waals surface area (Å²) in [5, 5.41) is 5.30. The first kappa shape index (κ1) is 17.9.